The van der Waals surface area contributed by atoms with Gasteiger partial charge < -0.3 is 5.32 Å². The van der Waals surface area contributed by atoms with Crippen molar-refractivity contribution in [3.8, 4) is 0 Å². The summed E-state index contributed by atoms with van der Waals surface area (Å²) in [5, 5.41) is 9.59. The van der Waals surface area contributed by atoms with Gasteiger partial charge in [-0.3, -0.25) is 4.79 Å². The number of hydrogen-bond acceptors (Lipinski definition) is 4. The lowest BCUT2D eigenvalue weighted by atomic mass is 10.2. The zero-order chi connectivity index (χ0) is 12.3. The SMILES string of the molecule is O=C(Nc1cccnn1)c1cc(F)cnc1Cl. The van der Waals surface area contributed by atoms with Gasteiger partial charge in [-0.15, -0.1) is 5.10 Å². The van der Waals surface area contributed by atoms with Crippen LogP contribution in [-0.4, -0.2) is 21.1 Å². The van der Waals surface area contributed by atoms with E-state index in [1.807, 2.05) is 0 Å². The molecular weight excluding hydrogens is 247 g/mol. The molecule has 17 heavy (non-hydrogen) atoms. The normalized spacial score (nSPS) is 10.0. The maximum atomic E-state index is 12.9. The third-order valence-corrected chi connectivity index (χ3v) is 2.17. The minimum absolute atomic E-state index is 0.0580. The monoisotopic (exact) mass is 252 g/mol. The van der Waals surface area contributed by atoms with Crippen molar-refractivity contribution in [1.82, 2.24) is 15.2 Å². The molecule has 0 spiro atoms. The van der Waals surface area contributed by atoms with Crippen LogP contribution in [0.25, 0.3) is 0 Å². The summed E-state index contributed by atoms with van der Waals surface area (Å²) in [7, 11) is 0. The van der Waals surface area contributed by atoms with Gasteiger partial charge in [0, 0.05) is 6.20 Å². The summed E-state index contributed by atoms with van der Waals surface area (Å²) >= 11 is 5.68. The molecule has 0 aromatic carbocycles. The van der Waals surface area contributed by atoms with Crippen molar-refractivity contribution in [1.29, 1.82) is 0 Å². The largest absolute Gasteiger partial charge is 0.305 e. The van der Waals surface area contributed by atoms with E-state index < -0.39 is 11.7 Å². The van der Waals surface area contributed by atoms with Gasteiger partial charge in [0.25, 0.3) is 5.91 Å². The Bertz CT molecular complexity index is 549. The minimum Gasteiger partial charge on any atom is -0.305 e. The van der Waals surface area contributed by atoms with E-state index in [0.29, 0.717) is 0 Å². The van der Waals surface area contributed by atoms with Gasteiger partial charge in [-0.2, -0.15) is 5.10 Å². The molecule has 0 aliphatic carbocycles. The van der Waals surface area contributed by atoms with Crippen molar-refractivity contribution >= 4 is 23.3 Å². The lowest BCUT2D eigenvalue weighted by Crippen LogP contribution is -2.14. The van der Waals surface area contributed by atoms with Crippen LogP contribution in [0.2, 0.25) is 5.15 Å². The molecule has 1 amide bonds. The Labute approximate surface area is 101 Å². The number of nitrogens with one attached hydrogen (secondary N) is 1. The number of aromatic nitrogens is 3. The third kappa shape index (κ3) is 2.73. The Morgan fingerprint density at radius 2 is 2.29 bits per heavy atom. The summed E-state index contributed by atoms with van der Waals surface area (Å²) in [5.41, 5.74) is -0.0580. The van der Waals surface area contributed by atoms with Crippen LogP contribution in [-0.2, 0) is 0 Å². The molecule has 2 aromatic heterocycles. The number of carbonyl (C=O) groups is 1. The molecular formula is C10H6ClFN4O. The number of pyridine rings is 1. The van der Waals surface area contributed by atoms with Gasteiger partial charge in [0.2, 0.25) is 0 Å². The number of anilines is 1. The first kappa shape index (κ1) is 11.4. The molecule has 1 N–H and O–H groups in total. The number of carbonyl (C=O) groups excluding carboxylic acids is 1. The molecule has 2 rings (SSSR count). The fourth-order valence-electron chi connectivity index (χ4n) is 1.13. The maximum absolute atomic E-state index is 12.9. The van der Waals surface area contributed by atoms with E-state index >= 15 is 0 Å². The lowest BCUT2D eigenvalue weighted by molar-refractivity contribution is 0.102. The van der Waals surface area contributed by atoms with E-state index in [9.17, 15) is 9.18 Å². The third-order valence-electron chi connectivity index (χ3n) is 1.86. The zero-order valence-electron chi connectivity index (χ0n) is 8.39. The molecule has 86 valence electrons. The summed E-state index contributed by atoms with van der Waals surface area (Å²) in [4.78, 5) is 15.3. The van der Waals surface area contributed by atoms with Crippen molar-refractivity contribution in [3.63, 3.8) is 0 Å². The standard InChI is InChI=1S/C10H6ClFN4O/c11-9-7(4-6(12)5-13-9)10(17)15-8-2-1-3-14-16-8/h1-5H,(H,15,16,17). The molecule has 0 atom stereocenters. The Balaban J connectivity index is 2.23. The van der Waals surface area contributed by atoms with Crippen molar-refractivity contribution in [2.45, 2.75) is 0 Å². The van der Waals surface area contributed by atoms with E-state index in [1.54, 1.807) is 12.1 Å². The van der Waals surface area contributed by atoms with Crippen LogP contribution in [0.3, 0.4) is 0 Å². The Hall–Kier alpha value is -2.08. The number of amides is 1. The number of rotatable bonds is 2. The summed E-state index contributed by atoms with van der Waals surface area (Å²) in [6.07, 6.45) is 2.40. The van der Waals surface area contributed by atoms with Crippen LogP contribution in [0.15, 0.2) is 30.6 Å². The van der Waals surface area contributed by atoms with Gasteiger partial charge in [0.1, 0.15) is 11.0 Å². The summed E-state index contributed by atoms with van der Waals surface area (Å²) in [6.45, 7) is 0. The van der Waals surface area contributed by atoms with Gasteiger partial charge in [-0.1, -0.05) is 11.6 Å². The molecule has 5 nitrogen and oxygen atoms in total. The fourth-order valence-corrected chi connectivity index (χ4v) is 1.32. The second kappa shape index (κ2) is 4.84. The Kier molecular flexibility index (Phi) is 3.24. The van der Waals surface area contributed by atoms with Crippen LogP contribution in [0.5, 0.6) is 0 Å². The quantitative estimate of drug-likeness (QED) is 0.829. The maximum Gasteiger partial charge on any atom is 0.260 e. The smallest absolute Gasteiger partial charge is 0.260 e. The summed E-state index contributed by atoms with van der Waals surface area (Å²) in [6, 6.07) is 4.15. The summed E-state index contributed by atoms with van der Waals surface area (Å²) < 4.78 is 12.9. The summed E-state index contributed by atoms with van der Waals surface area (Å²) in [5.74, 6) is -0.987. The first-order chi connectivity index (χ1) is 8.16. The number of nitrogens with zero attached hydrogens (tertiary/aromatic N) is 3. The highest BCUT2D eigenvalue weighted by Gasteiger charge is 2.13. The Morgan fingerprint density at radius 3 is 3.00 bits per heavy atom. The topological polar surface area (TPSA) is 67.8 Å². The van der Waals surface area contributed by atoms with Crippen LogP contribution < -0.4 is 5.32 Å². The highest BCUT2D eigenvalue weighted by Crippen LogP contribution is 2.15. The van der Waals surface area contributed by atoms with Gasteiger partial charge in [0.15, 0.2) is 5.82 Å². The molecule has 0 saturated carbocycles. The predicted octanol–water partition coefficient (Wildman–Crippen LogP) is 1.92. The van der Waals surface area contributed by atoms with Gasteiger partial charge >= 0.3 is 0 Å². The second-order valence-electron chi connectivity index (χ2n) is 3.05. The molecule has 0 bridgehead atoms. The average molecular weight is 253 g/mol. The highest BCUT2D eigenvalue weighted by atomic mass is 35.5. The molecule has 0 saturated heterocycles. The van der Waals surface area contributed by atoms with Crippen molar-refractivity contribution in [2.75, 3.05) is 5.32 Å². The van der Waals surface area contributed by atoms with E-state index in [2.05, 4.69) is 20.5 Å². The molecule has 2 heterocycles. The van der Waals surface area contributed by atoms with E-state index in [0.717, 1.165) is 12.3 Å². The average Bonchev–Trinajstić information content (AvgIpc) is 2.33. The molecule has 0 aliphatic heterocycles. The Morgan fingerprint density at radius 1 is 1.47 bits per heavy atom. The van der Waals surface area contributed by atoms with E-state index in [1.165, 1.54) is 6.20 Å². The van der Waals surface area contributed by atoms with Crippen LogP contribution >= 0.6 is 11.6 Å². The fraction of sp³-hybridized carbons (Fsp3) is 0. The lowest BCUT2D eigenvalue weighted by Gasteiger charge is -2.04. The zero-order valence-corrected chi connectivity index (χ0v) is 9.15. The number of halogens is 2. The van der Waals surface area contributed by atoms with Crippen molar-refractivity contribution in [3.05, 3.63) is 47.1 Å². The van der Waals surface area contributed by atoms with Crippen LogP contribution in [0, 0.1) is 5.82 Å². The predicted molar refractivity (Wildman–Crippen MR) is 59.2 cm³/mol. The van der Waals surface area contributed by atoms with Crippen molar-refractivity contribution < 1.29 is 9.18 Å². The first-order valence-electron chi connectivity index (χ1n) is 4.57. The van der Waals surface area contributed by atoms with Gasteiger partial charge in [0.05, 0.1) is 11.8 Å². The van der Waals surface area contributed by atoms with Crippen LogP contribution in [0.1, 0.15) is 10.4 Å². The number of hydrogen-bond donors (Lipinski definition) is 1. The molecule has 0 radical (unpaired) electrons. The molecule has 0 fully saturated rings. The molecule has 2 aromatic rings. The minimum atomic E-state index is -0.640. The second-order valence-corrected chi connectivity index (χ2v) is 3.41. The molecule has 0 unspecified atom stereocenters. The van der Waals surface area contributed by atoms with Crippen molar-refractivity contribution in [2.24, 2.45) is 0 Å². The molecule has 0 aliphatic rings. The highest BCUT2D eigenvalue weighted by molar-refractivity contribution is 6.33. The van der Waals surface area contributed by atoms with E-state index in [-0.39, 0.29) is 16.5 Å². The van der Waals surface area contributed by atoms with Crippen LogP contribution in [0.4, 0.5) is 10.2 Å². The first-order valence-corrected chi connectivity index (χ1v) is 4.95. The van der Waals surface area contributed by atoms with Gasteiger partial charge in [-0.05, 0) is 18.2 Å². The van der Waals surface area contributed by atoms with Gasteiger partial charge in [-0.25, -0.2) is 9.37 Å². The molecule has 7 heteroatoms. The van der Waals surface area contributed by atoms with E-state index in [4.69, 9.17) is 11.6 Å².